The molecule has 0 fully saturated rings. The molecule has 2 rings (SSSR count). The van der Waals surface area contributed by atoms with Crippen molar-refractivity contribution < 1.29 is 14.6 Å². The number of carbonyl (C=O) groups excluding carboxylic acids is 1. The van der Waals surface area contributed by atoms with Gasteiger partial charge in [0.25, 0.3) is 11.6 Å². The van der Waals surface area contributed by atoms with Crippen molar-refractivity contribution in [2.45, 2.75) is 26.9 Å². The van der Waals surface area contributed by atoms with Gasteiger partial charge < -0.3 is 15.5 Å². The first-order valence-corrected chi connectivity index (χ1v) is 9.14. The van der Waals surface area contributed by atoms with Crippen LogP contribution in [0.4, 0.5) is 11.4 Å². The molecule has 0 heterocycles. The first-order valence-electron chi connectivity index (χ1n) is 9.14. The maximum atomic E-state index is 12.3. The second-order valence-electron chi connectivity index (χ2n) is 6.37. The van der Waals surface area contributed by atoms with Crippen LogP contribution in [0.3, 0.4) is 0 Å². The van der Waals surface area contributed by atoms with Gasteiger partial charge in [-0.15, -0.1) is 0 Å². The average molecular weight is 371 g/mol. The van der Waals surface area contributed by atoms with Crippen LogP contribution in [-0.4, -0.2) is 31.0 Å². The van der Waals surface area contributed by atoms with Gasteiger partial charge in [-0.1, -0.05) is 24.3 Å². The number of nitro groups is 1. The number of hydrogen-bond acceptors (Lipinski definition) is 4. The quantitative estimate of drug-likeness (QED) is 0.465. The minimum Gasteiger partial charge on any atom is -0.383 e. The van der Waals surface area contributed by atoms with Crippen LogP contribution in [-0.2, 0) is 13.1 Å². The van der Waals surface area contributed by atoms with Crippen molar-refractivity contribution >= 4 is 17.3 Å². The largest absolute Gasteiger partial charge is 0.383 e. The van der Waals surface area contributed by atoms with Crippen LogP contribution in [0.25, 0.3) is 0 Å². The third-order valence-electron chi connectivity index (χ3n) is 4.66. The van der Waals surface area contributed by atoms with E-state index in [9.17, 15) is 14.9 Å². The Bertz CT molecular complexity index is 786. The van der Waals surface area contributed by atoms with E-state index in [1.54, 1.807) is 13.1 Å². The molecule has 0 radical (unpaired) electrons. The topological polar surface area (TPSA) is 88.7 Å². The summed E-state index contributed by atoms with van der Waals surface area (Å²) in [5.41, 5.74) is 2.78. The molecular formula is C20H27N4O3+. The van der Waals surface area contributed by atoms with Crippen LogP contribution in [0.15, 0.2) is 42.5 Å². The van der Waals surface area contributed by atoms with E-state index in [0.29, 0.717) is 12.2 Å². The fourth-order valence-corrected chi connectivity index (χ4v) is 2.88. The molecule has 0 unspecified atom stereocenters. The summed E-state index contributed by atoms with van der Waals surface area (Å²) in [6.45, 7) is 7.89. The maximum Gasteiger partial charge on any atom is 0.293 e. The lowest BCUT2D eigenvalue weighted by molar-refractivity contribution is -0.910. The van der Waals surface area contributed by atoms with Gasteiger partial charge in [0.1, 0.15) is 12.2 Å². The lowest BCUT2D eigenvalue weighted by Crippen LogP contribution is -3.10. The van der Waals surface area contributed by atoms with Crippen molar-refractivity contribution in [3.05, 3.63) is 69.3 Å². The number of nitrogens with zero attached hydrogens (tertiary/aromatic N) is 1. The molecule has 0 aliphatic carbocycles. The molecule has 1 amide bonds. The van der Waals surface area contributed by atoms with Crippen molar-refractivity contribution in [1.82, 2.24) is 5.32 Å². The molecule has 7 nitrogen and oxygen atoms in total. The Morgan fingerprint density at radius 3 is 2.26 bits per heavy atom. The number of hydrogen-bond donors (Lipinski definition) is 3. The number of benzene rings is 2. The van der Waals surface area contributed by atoms with E-state index in [2.05, 4.69) is 36.6 Å². The third-order valence-corrected chi connectivity index (χ3v) is 4.66. The van der Waals surface area contributed by atoms with E-state index in [-0.39, 0.29) is 17.2 Å². The standard InChI is InChI=1S/C20H26N4O3/c1-4-23(5-2)14-16-8-6-15(7-9-16)13-22-20(25)17-10-11-18(21-3)19(12-17)24(26)27/h6-12,21H,4-5,13-14H2,1-3H3,(H,22,25)/p+1. The van der Waals surface area contributed by atoms with E-state index in [1.165, 1.54) is 22.6 Å². The first kappa shape index (κ1) is 20.4. The molecule has 2 aromatic rings. The highest BCUT2D eigenvalue weighted by Gasteiger charge is 2.16. The van der Waals surface area contributed by atoms with Gasteiger partial charge in [-0.25, -0.2) is 0 Å². The molecule has 27 heavy (non-hydrogen) atoms. The Hall–Kier alpha value is -2.93. The number of nitrogens with one attached hydrogen (secondary N) is 3. The van der Waals surface area contributed by atoms with Crippen molar-refractivity contribution in [3.63, 3.8) is 0 Å². The Balaban J connectivity index is 1.99. The molecule has 0 aliphatic heterocycles. The van der Waals surface area contributed by atoms with Crippen molar-refractivity contribution in [2.24, 2.45) is 0 Å². The first-order chi connectivity index (χ1) is 13.0. The highest BCUT2D eigenvalue weighted by Crippen LogP contribution is 2.25. The average Bonchev–Trinajstić information content (AvgIpc) is 2.70. The van der Waals surface area contributed by atoms with Crippen LogP contribution in [0, 0.1) is 10.1 Å². The molecular weight excluding hydrogens is 344 g/mol. The van der Waals surface area contributed by atoms with Crippen LogP contribution in [0.2, 0.25) is 0 Å². The predicted molar refractivity (Wildman–Crippen MR) is 106 cm³/mol. The van der Waals surface area contributed by atoms with Gasteiger partial charge in [0.05, 0.1) is 18.0 Å². The Morgan fingerprint density at radius 2 is 1.70 bits per heavy atom. The van der Waals surface area contributed by atoms with Gasteiger partial charge in [0.15, 0.2) is 0 Å². The summed E-state index contributed by atoms with van der Waals surface area (Å²) < 4.78 is 0. The number of carbonyl (C=O) groups is 1. The van der Waals surface area contributed by atoms with Crippen LogP contribution in [0.1, 0.15) is 35.3 Å². The SMILES string of the molecule is CC[NH+](CC)Cc1ccc(CNC(=O)c2ccc(NC)c([N+](=O)[O-])c2)cc1. The molecule has 0 atom stereocenters. The highest BCUT2D eigenvalue weighted by atomic mass is 16.6. The predicted octanol–water partition coefficient (Wildman–Crippen LogP) is 1.99. The minimum atomic E-state index is -0.501. The Morgan fingerprint density at radius 1 is 1.07 bits per heavy atom. The molecule has 0 saturated carbocycles. The zero-order valence-corrected chi connectivity index (χ0v) is 16.0. The van der Waals surface area contributed by atoms with Gasteiger partial charge in [0.2, 0.25) is 0 Å². The molecule has 0 bridgehead atoms. The molecule has 3 N–H and O–H groups in total. The Kier molecular flexibility index (Phi) is 7.31. The van der Waals surface area contributed by atoms with Gasteiger partial charge in [-0.05, 0) is 31.5 Å². The van der Waals surface area contributed by atoms with Crippen LogP contribution in [0.5, 0.6) is 0 Å². The van der Waals surface area contributed by atoms with Crippen molar-refractivity contribution in [3.8, 4) is 0 Å². The fourth-order valence-electron chi connectivity index (χ4n) is 2.88. The normalized spacial score (nSPS) is 10.7. The summed E-state index contributed by atoms with van der Waals surface area (Å²) in [5.74, 6) is -0.336. The zero-order chi connectivity index (χ0) is 19.8. The van der Waals surface area contributed by atoms with Gasteiger partial charge in [-0.2, -0.15) is 0 Å². The molecule has 0 aromatic heterocycles. The van der Waals surface area contributed by atoms with Gasteiger partial charge in [-0.3, -0.25) is 14.9 Å². The smallest absolute Gasteiger partial charge is 0.293 e. The molecule has 144 valence electrons. The molecule has 2 aromatic carbocycles. The number of amides is 1. The lowest BCUT2D eigenvalue weighted by atomic mass is 10.1. The number of quaternary nitrogens is 1. The van der Waals surface area contributed by atoms with Crippen molar-refractivity contribution in [1.29, 1.82) is 0 Å². The number of anilines is 1. The van der Waals surface area contributed by atoms with Crippen LogP contribution < -0.4 is 15.5 Å². The van der Waals surface area contributed by atoms with E-state index in [1.807, 2.05) is 12.1 Å². The summed E-state index contributed by atoms with van der Waals surface area (Å²) >= 11 is 0. The van der Waals surface area contributed by atoms with Crippen LogP contribution >= 0.6 is 0 Å². The van der Waals surface area contributed by atoms with Gasteiger partial charge >= 0.3 is 0 Å². The molecule has 0 aliphatic rings. The summed E-state index contributed by atoms with van der Waals surface area (Å²) in [5, 5.41) is 16.7. The maximum absolute atomic E-state index is 12.3. The van der Waals surface area contributed by atoms with E-state index < -0.39 is 4.92 Å². The minimum absolute atomic E-state index is 0.117. The molecule has 7 heteroatoms. The monoisotopic (exact) mass is 371 g/mol. The summed E-state index contributed by atoms with van der Waals surface area (Å²) in [6, 6.07) is 12.6. The third kappa shape index (κ3) is 5.52. The van der Waals surface area contributed by atoms with Gasteiger partial charge in [0, 0.05) is 30.8 Å². The molecule has 0 spiro atoms. The Labute approximate surface area is 159 Å². The van der Waals surface area contributed by atoms with E-state index in [4.69, 9.17) is 0 Å². The zero-order valence-electron chi connectivity index (χ0n) is 16.0. The van der Waals surface area contributed by atoms with Crippen molar-refractivity contribution in [2.75, 3.05) is 25.5 Å². The summed E-state index contributed by atoms with van der Waals surface area (Å²) in [7, 11) is 1.60. The summed E-state index contributed by atoms with van der Waals surface area (Å²) in [4.78, 5) is 24.5. The summed E-state index contributed by atoms with van der Waals surface area (Å²) in [6.07, 6.45) is 0. The lowest BCUT2D eigenvalue weighted by Gasteiger charge is -2.15. The second kappa shape index (κ2) is 9.68. The molecule has 0 saturated heterocycles. The highest BCUT2D eigenvalue weighted by molar-refractivity contribution is 5.95. The second-order valence-corrected chi connectivity index (χ2v) is 6.37. The van der Waals surface area contributed by atoms with E-state index in [0.717, 1.165) is 25.2 Å². The van der Waals surface area contributed by atoms with E-state index >= 15 is 0 Å². The number of rotatable bonds is 9. The fraction of sp³-hybridized carbons (Fsp3) is 0.350. The number of nitro benzene ring substituents is 1.